The third kappa shape index (κ3) is 6.27. The molecule has 0 aromatic carbocycles. The molecule has 0 radical (unpaired) electrons. The fraction of sp³-hybridized carbons (Fsp3) is 0.455. The second-order valence-electron chi connectivity index (χ2n) is 3.33. The number of carbonyl (C=O) groups is 3. The molecule has 0 aromatic heterocycles. The lowest BCUT2D eigenvalue weighted by Gasteiger charge is -2.07. The van der Waals surface area contributed by atoms with Crippen molar-refractivity contribution in [2.75, 3.05) is 6.61 Å². The fourth-order valence-corrected chi connectivity index (χ4v) is 0.909. The lowest BCUT2D eigenvalue weighted by atomic mass is 10.2. The molecule has 0 aliphatic carbocycles. The van der Waals surface area contributed by atoms with E-state index in [0.717, 1.165) is 0 Å². The Hall–Kier alpha value is -2.36. The SMILES string of the molecule is CC(=O)OCCC=C(C)C(=O)OC(C#N)C(N)=O. The smallest absolute Gasteiger partial charge is 0.335 e. The zero-order chi connectivity index (χ0) is 14.1. The maximum atomic E-state index is 11.4. The van der Waals surface area contributed by atoms with E-state index >= 15 is 0 Å². The van der Waals surface area contributed by atoms with Crippen molar-refractivity contribution in [1.82, 2.24) is 0 Å². The van der Waals surface area contributed by atoms with Gasteiger partial charge in [0.15, 0.2) is 0 Å². The van der Waals surface area contributed by atoms with Crippen molar-refractivity contribution in [2.45, 2.75) is 26.4 Å². The predicted molar refractivity (Wildman–Crippen MR) is 59.7 cm³/mol. The number of nitriles is 1. The molecule has 0 heterocycles. The Labute approximate surface area is 104 Å². The van der Waals surface area contributed by atoms with Crippen molar-refractivity contribution in [2.24, 2.45) is 5.73 Å². The quantitative estimate of drug-likeness (QED) is 0.398. The third-order valence-electron chi connectivity index (χ3n) is 1.80. The van der Waals surface area contributed by atoms with E-state index in [9.17, 15) is 14.4 Å². The molecule has 0 spiro atoms. The first-order chi connectivity index (χ1) is 8.38. The Kier molecular flexibility index (Phi) is 6.81. The fourth-order valence-electron chi connectivity index (χ4n) is 0.909. The molecule has 0 bridgehead atoms. The van der Waals surface area contributed by atoms with E-state index in [2.05, 4.69) is 9.47 Å². The Morgan fingerprint density at radius 2 is 2.00 bits per heavy atom. The van der Waals surface area contributed by atoms with Crippen LogP contribution in [0.5, 0.6) is 0 Å². The van der Waals surface area contributed by atoms with E-state index in [0.29, 0.717) is 6.42 Å². The Morgan fingerprint density at radius 1 is 1.39 bits per heavy atom. The lowest BCUT2D eigenvalue weighted by Crippen LogP contribution is -2.32. The summed E-state index contributed by atoms with van der Waals surface area (Å²) in [5.41, 5.74) is 5.03. The molecule has 0 rings (SSSR count). The van der Waals surface area contributed by atoms with Gasteiger partial charge in [0.05, 0.1) is 6.61 Å². The summed E-state index contributed by atoms with van der Waals surface area (Å²) in [6.45, 7) is 2.86. The number of nitrogens with zero attached hydrogens (tertiary/aromatic N) is 1. The third-order valence-corrected chi connectivity index (χ3v) is 1.80. The van der Waals surface area contributed by atoms with Crippen LogP contribution < -0.4 is 5.73 Å². The van der Waals surface area contributed by atoms with Gasteiger partial charge in [-0.2, -0.15) is 5.26 Å². The number of amides is 1. The first-order valence-electron chi connectivity index (χ1n) is 5.08. The Morgan fingerprint density at radius 3 is 2.44 bits per heavy atom. The average molecular weight is 254 g/mol. The summed E-state index contributed by atoms with van der Waals surface area (Å²) in [4.78, 5) is 32.5. The Bertz CT molecular complexity index is 408. The zero-order valence-corrected chi connectivity index (χ0v) is 10.1. The summed E-state index contributed by atoms with van der Waals surface area (Å²) in [7, 11) is 0. The van der Waals surface area contributed by atoms with E-state index in [1.807, 2.05) is 0 Å². The number of hydrogen-bond acceptors (Lipinski definition) is 6. The van der Waals surface area contributed by atoms with Crippen LogP contribution >= 0.6 is 0 Å². The lowest BCUT2D eigenvalue weighted by molar-refractivity contribution is -0.147. The largest absolute Gasteiger partial charge is 0.466 e. The van der Waals surface area contributed by atoms with Crippen molar-refractivity contribution in [3.8, 4) is 6.07 Å². The first-order valence-corrected chi connectivity index (χ1v) is 5.08. The maximum absolute atomic E-state index is 11.4. The number of rotatable bonds is 6. The van der Waals surface area contributed by atoms with E-state index in [1.54, 1.807) is 0 Å². The number of carbonyl (C=O) groups excluding carboxylic acids is 3. The van der Waals surface area contributed by atoms with E-state index in [-0.39, 0.29) is 12.2 Å². The van der Waals surface area contributed by atoms with Gasteiger partial charge in [0, 0.05) is 18.9 Å². The summed E-state index contributed by atoms with van der Waals surface area (Å²) in [6.07, 6.45) is 0.198. The van der Waals surface area contributed by atoms with Crippen LogP contribution in [0.2, 0.25) is 0 Å². The van der Waals surface area contributed by atoms with Gasteiger partial charge < -0.3 is 15.2 Å². The number of hydrogen-bond donors (Lipinski definition) is 1. The van der Waals surface area contributed by atoms with Gasteiger partial charge in [0.25, 0.3) is 12.0 Å². The average Bonchev–Trinajstić information content (AvgIpc) is 2.30. The predicted octanol–water partition coefficient (Wildman–Crippen LogP) is -0.193. The van der Waals surface area contributed by atoms with Gasteiger partial charge in [-0.25, -0.2) is 4.79 Å². The van der Waals surface area contributed by atoms with Crippen molar-refractivity contribution < 1.29 is 23.9 Å². The maximum Gasteiger partial charge on any atom is 0.335 e. The minimum Gasteiger partial charge on any atom is -0.466 e. The van der Waals surface area contributed by atoms with Crippen LogP contribution in [0.15, 0.2) is 11.6 Å². The molecule has 18 heavy (non-hydrogen) atoms. The van der Waals surface area contributed by atoms with Crippen molar-refractivity contribution in [3.05, 3.63) is 11.6 Å². The monoisotopic (exact) mass is 254 g/mol. The molecule has 7 heteroatoms. The molecule has 2 N–H and O–H groups in total. The number of primary amides is 1. The molecule has 0 saturated carbocycles. The molecule has 7 nitrogen and oxygen atoms in total. The van der Waals surface area contributed by atoms with E-state index in [1.165, 1.54) is 26.0 Å². The van der Waals surface area contributed by atoms with E-state index in [4.69, 9.17) is 11.0 Å². The number of ether oxygens (including phenoxy) is 2. The van der Waals surface area contributed by atoms with Crippen LogP contribution in [0.3, 0.4) is 0 Å². The summed E-state index contributed by atoms with van der Waals surface area (Å²) >= 11 is 0. The highest BCUT2D eigenvalue weighted by molar-refractivity contribution is 5.91. The van der Waals surface area contributed by atoms with Crippen molar-refractivity contribution in [1.29, 1.82) is 5.26 Å². The van der Waals surface area contributed by atoms with Crippen LogP contribution in [0.25, 0.3) is 0 Å². The van der Waals surface area contributed by atoms with Gasteiger partial charge >= 0.3 is 11.9 Å². The summed E-state index contributed by atoms with van der Waals surface area (Å²) in [5.74, 6) is -2.26. The second kappa shape index (κ2) is 7.84. The normalized spacial score (nSPS) is 12.2. The van der Waals surface area contributed by atoms with E-state index < -0.39 is 23.9 Å². The minimum absolute atomic E-state index is 0.136. The highest BCUT2D eigenvalue weighted by Gasteiger charge is 2.19. The minimum atomic E-state index is -1.60. The van der Waals surface area contributed by atoms with Gasteiger partial charge in [-0.3, -0.25) is 9.59 Å². The van der Waals surface area contributed by atoms with Crippen LogP contribution in [0, 0.1) is 11.3 Å². The van der Waals surface area contributed by atoms with Crippen LogP contribution in [-0.4, -0.2) is 30.6 Å². The molecule has 0 saturated heterocycles. The molecule has 98 valence electrons. The number of nitrogens with two attached hydrogens (primary N) is 1. The molecular formula is C11H14N2O5. The molecule has 1 amide bonds. The highest BCUT2D eigenvalue weighted by atomic mass is 16.5. The molecule has 0 aliphatic rings. The van der Waals surface area contributed by atoms with Gasteiger partial charge in [0.2, 0.25) is 0 Å². The zero-order valence-electron chi connectivity index (χ0n) is 10.1. The van der Waals surface area contributed by atoms with Gasteiger partial charge in [-0.15, -0.1) is 0 Å². The summed E-state index contributed by atoms with van der Waals surface area (Å²) in [6, 6.07) is 1.46. The molecule has 0 aliphatic heterocycles. The number of esters is 2. The molecule has 1 atom stereocenters. The van der Waals surface area contributed by atoms with Gasteiger partial charge in [0.1, 0.15) is 6.07 Å². The first kappa shape index (κ1) is 15.6. The van der Waals surface area contributed by atoms with Crippen LogP contribution in [0.1, 0.15) is 20.3 Å². The Balaban J connectivity index is 4.25. The van der Waals surface area contributed by atoms with Crippen molar-refractivity contribution >= 4 is 17.8 Å². The molecular weight excluding hydrogens is 240 g/mol. The highest BCUT2D eigenvalue weighted by Crippen LogP contribution is 2.02. The van der Waals surface area contributed by atoms with Gasteiger partial charge in [-0.1, -0.05) is 6.08 Å². The van der Waals surface area contributed by atoms with Crippen LogP contribution in [-0.2, 0) is 23.9 Å². The molecule has 1 unspecified atom stereocenters. The van der Waals surface area contributed by atoms with Crippen molar-refractivity contribution in [3.63, 3.8) is 0 Å². The summed E-state index contributed by atoms with van der Waals surface area (Å²) in [5, 5.41) is 8.50. The van der Waals surface area contributed by atoms with Crippen LogP contribution in [0.4, 0.5) is 0 Å². The standard InChI is InChI=1S/C11H14N2O5/c1-7(4-3-5-17-8(2)14)11(16)18-9(6-12)10(13)15/h4,9H,3,5H2,1-2H3,(H2,13,15). The van der Waals surface area contributed by atoms with Gasteiger partial charge in [-0.05, 0) is 6.92 Å². The molecule has 0 fully saturated rings. The molecule has 0 aromatic rings. The summed E-state index contributed by atoms with van der Waals surface area (Å²) < 4.78 is 9.20. The second-order valence-corrected chi connectivity index (χ2v) is 3.33. The topological polar surface area (TPSA) is 119 Å².